The Morgan fingerprint density at radius 3 is 2.56 bits per heavy atom. The molecule has 0 radical (unpaired) electrons. The van der Waals surface area contributed by atoms with E-state index in [9.17, 15) is 13.2 Å². The van der Waals surface area contributed by atoms with Gasteiger partial charge in [0.1, 0.15) is 5.75 Å². The zero-order valence-corrected chi connectivity index (χ0v) is 15.3. The molecule has 2 N–H and O–H groups in total. The van der Waals surface area contributed by atoms with E-state index in [2.05, 4.69) is 10.0 Å². The van der Waals surface area contributed by atoms with Gasteiger partial charge in [-0.3, -0.25) is 9.52 Å². The van der Waals surface area contributed by atoms with Crippen LogP contribution in [0, 0.1) is 6.92 Å². The van der Waals surface area contributed by atoms with Crippen LogP contribution in [0.25, 0.3) is 0 Å². The van der Waals surface area contributed by atoms with E-state index < -0.39 is 10.0 Å². The van der Waals surface area contributed by atoms with Crippen LogP contribution in [0.1, 0.15) is 21.5 Å². The molecule has 0 saturated carbocycles. The topological polar surface area (TPSA) is 84.5 Å². The summed E-state index contributed by atoms with van der Waals surface area (Å²) in [5.41, 5.74) is 2.66. The fourth-order valence-corrected chi connectivity index (χ4v) is 3.06. The van der Waals surface area contributed by atoms with E-state index in [1.807, 2.05) is 25.1 Å². The molecule has 2 aromatic carbocycles. The Kier molecular flexibility index (Phi) is 6.03. The van der Waals surface area contributed by atoms with Gasteiger partial charge in [0.25, 0.3) is 5.91 Å². The van der Waals surface area contributed by atoms with Gasteiger partial charge in [-0.2, -0.15) is 0 Å². The maximum absolute atomic E-state index is 12.4. The van der Waals surface area contributed by atoms with Gasteiger partial charge < -0.3 is 10.1 Å². The summed E-state index contributed by atoms with van der Waals surface area (Å²) in [6, 6.07) is 12.4. The quantitative estimate of drug-likeness (QED) is 0.792. The molecule has 0 unspecified atom stereocenters. The van der Waals surface area contributed by atoms with Crippen molar-refractivity contribution in [1.29, 1.82) is 0 Å². The Morgan fingerprint density at radius 1 is 1.16 bits per heavy atom. The lowest BCUT2D eigenvalue weighted by Gasteiger charge is -2.12. The summed E-state index contributed by atoms with van der Waals surface area (Å²) >= 11 is 0. The number of para-hydroxylation sites is 1. The van der Waals surface area contributed by atoms with Crippen molar-refractivity contribution in [3.8, 4) is 5.75 Å². The van der Waals surface area contributed by atoms with Gasteiger partial charge in [-0.1, -0.05) is 29.8 Å². The maximum Gasteiger partial charge on any atom is 0.253 e. The van der Waals surface area contributed by atoms with E-state index in [4.69, 9.17) is 4.74 Å². The number of ether oxygens (including phenoxy) is 1. The monoisotopic (exact) mass is 362 g/mol. The Balaban J connectivity index is 2.05. The molecule has 0 atom stereocenters. The largest absolute Gasteiger partial charge is 0.496 e. The van der Waals surface area contributed by atoms with Crippen molar-refractivity contribution in [3.05, 3.63) is 59.2 Å². The Hall–Kier alpha value is -2.54. The van der Waals surface area contributed by atoms with Crippen LogP contribution in [0.5, 0.6) is 5.75 Å². The molecule has 0 heterocycles. The molecular formula is C18H22N2O4S. The number of methoxy groups -OCH3 is 1. The summed E-state index contributed by atoms with van der Waals surface area (Å²) in [4.78, 5) is 12.4. The standard InChI is InChI=1S/C18H22N2O4S/c1-13-8-9-17(24-2)14(12-13)10-11-19-18(21)15-6-4-5-7-16(15)20-25(3,22)23/h4-9,12,20H,10-11H2,1-3H3,(H,19,21). The molecule has 0 spiro atoms. The summed E-state index contributed by atoms with van der Waals surface area (Å²) in [5.74, 6) is 0.442. The Morgan fingerprint density at radius 2 is 1.88 bits per heavy atom. The molecule has 0 bridgehead atoms. The number of hydrogen-bond donors (Lipinski definition) is 2. The number of hydrogen-bond acceptors (Lipinski definition) is 4. The molecule has 1 amide bonds. The van der Waals surface area contributed by atoms with Crippen LogP contribution in [0.4, 0.5) is 5.69 Å². The van der Waals surface area contributed by atoms with Gasteiger partial charge in [0, 0.05) is 6.54 Å². The van der Waals surface area contributed by atoms with Crippen molar-refractivity contribution >= 4 is 21.6 Å². The molecule has 134 valence electrons. The van der Waals surface area contributed by atoms with Crippen LogP contribution >= 0.6 is 0 Å². The van der Waals surface area contributed by atoms with Gasteiger partial charge in [-0.05, 0) is 37.1 Å². The van der Waals surface area contributed by atoms with Gasteiger partial charge in [-0.15, -0.1) is 0 Å². The van der Waals surface area contributed by atoms with Crippen molar-refractivity contribution < 1.29 is 17.9 Å². The summed E-state index contributed by atoms with van der Waals surface area (Å²) in [6.07, 6.45) is 1.66. The van der Waals surface area contributed by atoms with Crippen LogP contribution in [0.15, 0.2) is 42.5 Å². The number of benzene rings is 2. The molecule has 2 rings (SSSR count). The number of carbonyl (C=O) groups is 1. The SMILES string of the molecule is COc1ccc(C)cc1CCNC(=O)c1ccccc1NS(C)(=O)=O. The maximum atomic E-state index is 12.4. The predicted octanol–water partition coefficient (Wildman–Crippen LogP) is 2.35. The smallest absolute Gasteiger partial charge is 0.253 e. The lowest BCUT2D eigenvalue weighted by molar-refractivity contribution is 0.0955. The number of carbonyl (C=O) groups excluding carboxylic acids is 1. The minimum Gasteiger partial charge on any atom is -0.496 e. The number of amides is 1. The summed E-state index contributed by atoms with van der Waals surface area (Å²) in [6.45, 7) is 2.40. The first-order valence-corrected chi connectivity index (χ1v) is 9.68. The highest BCUT2D eigenvalue weighted by atomic mass is 32.2. The number of aryl methyl sites for hydroxylation is 1. The van der Waals surface area contributed by atoms with E-state index in [1.165, 1.54) is 0 Å². The highest BCUT2D eigenvalue weighted by Gasteiger charge is 2.13. The minimum atomic E-state index is -3.46. The second-order valence-corrected chi connectivity index (χ2v) is 7.49. The zero-order chi connectivity index (χ0) is 18.4. The second-order valence-electron chi connectivity index (χ2n) is 5.74. The molecule has 0 fully saturated rings. The van der Waals surface area contributed by atoms with Gasteiger partial charge in [0.15, 0.2) is 0 Å². The molecule has 0 aliphatic carbocycles. The van der Waals surface area contributed by atoms with Gasteiger partial charge in [0.2, 0.25) is 10.0 Å². The molecule has 7 heteroatoms. The first-order valence-electron chi connectivity index (χ1n) is 7.78. The lowest BCUT2D eigenvalue weighted by atomic mass is 10.1. The molecule has 0 aliphatic heterocycles. The van der Waals surface area contributed by atoms with E-state index in [-0.39, 0.29) is 17.2 Å². The average Bonchev–Trinajstić information content (AvgIpc) is 2.54. The van der Waals surface area contributed by atoms with E-state index >= 15 is 0 Å². The zero-order valence-electron chi connectivity index (χ0n) is 14.5. The van der Waals surface area contributed by atoms with Crippen LogP contribution in [0.2, 0.25) is 0 Å². The number of rotatable bonds is 7. The van der Waals surface area contributed by atoms with Crippen molar-refractivity contribution in [3.63, 3.8) is 0 Å². The van der Waals surface area contributed by atoms with Gasteiger partial charge >= 0.3 is 0 Å². The minimum absolute atomic E-state index is 0.260. The fourth-order valence-electron chi connectivity index (χ4n) is 2.48. The third-order valence-electron chi connectivity index (χ3n) is 3.58. The third-order valence-corrected chi connectivity index (χ3v) is 4.17. The summed E-state index contributed by atoms with van der Waals surface area (Å²) < 4.78 is 30.5. The first-order chi connectivity index (χ1) is 11.8. The highest BCUT2D eigenvalue weighted by molar-refractivity contribution is 7.92. The normalized spacial score (nSPS) is 11.0. The molecule has 0 aromatic heterocycles. The van der Waals surface area contributed by atoms with Crippen LogP contribution in [0.3, 0.4) is 0 Å². The predicted molar refractivity (Wildman–Crippen MR) is 98.7 cm³/mol. The molecule has 0 saturated heterocycles. The van der Waals surface area contributed by atoms with Crippen LogP contribution in [-0.4, -0.2) is 34.2 Å². The molecule has 25 heavy (non-hydrogen) atoms. The van der Waals surface area contributed by atoms with E-state index in [0.717, 1.165) is 23.1 Å². The molecule has 6 nitrogen and oxygen atoms in total. The van der Waals surface area contributed by atoms with Crippen molar-refractivity contribution in [2.45, 2.75) is 13.3 Å². The number of sulfonamides is 1. The van der Waals surface area contributed by atoms with Crippen molar-refractivity contribution in [1.82, 2.24) is 5.32 Å². The second kappa shape index (κ2) is 8.02. The van der Waals surface area contributed by atoms with Crippen molar-refractivity contribution in [2.75, 3.05) is 24.6 Å². The number of nitrogens with one attached hydrogen (secondary N) is 2. The van der Waals surface area contributed by atoms with Crippen LogP contribution < -0.4 is 14.8 Å². The first kappa shape index (κ1) is 18.8. The molecule has 0 aliphatic rings. The molecule has 2 aromatic rings. The number of anilines is 1. The lowest BCUT2D eigenvalue weighted by Crippen LogP contribution is -2.27. The summed E-state index contributed by atoms with van der Waals surface area (Å²) in [7, 11) is -1.85. The molecular weight excluding hydrogens is 340 g/mol. The summed E-state index contributed by atoms with van der Waals surface area (Å²) in [5, 5.41) is 2.82. The van der Waals surface area contributed by atoms with Gasteiger partial charge in [0.05, 0.1) is 24.6 Å². The van der Waals surface area contributed by atoms with Crippen LogP contribution in [-0.2, 0) is 16.4 Å². The fraction of sp³-hybridized carbons (Fsp3) is 0.278. The Bertz CT molecular complexity index is 863. The Labute approximate surface area is 148 Å². The highest BCUT2D eigenvalue weighted by Crippen LogP contribution is 2.20. The van der Waals surface area contributed by atoms with E-state index in [1.54, 1.807) is 31.4 Å². The van der Waals surface area contributed by atoms with E-state index in [0.29, 0.717) is 13.0 Å². The van der Waals surface area contributed by atoms with Crippen molar-refractivity contribution in [2.24, 2.45) is 0 Å². The average molecular weight is 362 g/mol. The van der Waals surface area contributed by atoms with Gasteiger partial charge in [-0.25, -0.2) is 8.42 Å². The third kappa shape index (κ3) is 5.49.